The third-order valence-corrected chi connectivity index (χ3v) is 2.05. The van der Waals surface area contributed by atoms with Crippen LogP contribution in [0.25, 0.3) is 0 Å². The monoisotopic (exact) mass is 247 g/mol. The Hall–Kier alpha value is -0.650. The van der Waals surface area contributed by atoms with E-state index in [9.17, 15) is 4.79 Å². The molecule has 1 atom stereocenters. The summed E-state index contributed by atoms with van der Waals surface area (Å²) in [6.45, 7) is 6.38. The number of carbonyl (C=O) groups excluding carboxylic acids is 1. The van der Waals surface area contributed by atoms with Gasteiger partial charge in [0.05, 0.1) is 6.61 Å². The molecule has 0 amide bonds. The van der Waals surface area contributed by atoms with Crippen molar-refractivity contribution >= 4 is 5.97 Å². The molecule has 0 aliphatic carbocycles. The van der Waals surface area contributed by atoms with Crippen LogP contribution in [-0.2, 0) is 19.0 Å². The number of methoxy groups -OCH3 is 1. The zero-order valence-electron chi connectivity index (χ0n) is 11.5. The molecule has 0 aromatic rings. The Morgan fingerprint density at radius 3 is 2.47 bits per heavy atom. The summed E-state index contributed by atoms with van der Waals surface area (Å²) in [5.41, 5.74) is -0.418. The van der Waals surface area contributed by atoms with Gasteiger partial charge in [-0.05, 0) is 34.2 Å². The Bertz CT molecular complexity index is 213. The third-order valence-electron chi connectivity index (χ3n) is 2.05. The molecule has 5 heteroatoms. The van der Waals surface area contributed by atoms with Crippen LogP contribution in [0, 0.1) is 0 Å². The van der Waals surface area contributed by atoms with E-state index in [1.165, 1.54) is 0 Å². The smallest absolute Gasteiger partial charge is 0.306 e. The van der Waals surface area contributed by atoms with Gasteiger partial charge in [0.25, 0.3) is 0 Å². The summed E-state index contributed by atoms with van der Waals surface area (Å²) < 4.78 is 15.2. The highest BCUT2D eigenvalue weighted by atomic mass is 16.7. The SMILES string of the molecule is CN[C@H](CCC(=O)OC(C)(C)C)COCOC. The van der Waals surface area contributed by atoms with Crippen molar-refractivity contribution in [3.8, 4) is 0 Å². The maximum absolute atomic E-state index is 11.5. The van der Waals surface area contributed by atoms with Gasteiger partial charge in [0.2, 0.25) is 0 Å². The molecule has 0 saturated carbocycles. The number of nitrogens with one attached hydrogen (secondary N) is 1. The number of esters is 1. The fourth-order valence-electron chi connectivity index (χ4n) is 1.27. The quantitative estimate of drug-likeness (QED) is 0.398. The van der Waals surface area contributed by atoms with Crippen molar-refractivity contribution in [3.05, 3.63) is 0 Å². The summed E-state index contributed by atoms with van der Waals surface area (Å²) in [6.07, 6.45) is 1.08. The highest BCUT2D eigenvalue weighted by Gasteiger charge is 2.17. The Morgan fingerprint density at radius 1 is 1.35 bits per heavy atom. The van der Waals surface area contributed by atoms with E-state index in [2.05, 4.69) is 5.32 Å². The molecule has 0 aromatic carbocycles. The zero-order valence-corrected chi connectivity index (χ0v) is 11.5. The number of likely N-dealkylation sites (N-methyl/N-ethyl adjacent to an activating group) is 1. The number of rotatable bonds is 8. The molecule has 0 heterocycles. The van der Waals surface area contributed by atoms with Crippen molar-refractivity contribution in [2.75, 3.05) is 27.6 Å². The van der Waals surface area contributed by atoms with Crippen LogP contribution >= 0.6 is 0 Å². The summed E-state index contributed by atoms with van der Waals surface area (Å²) in [7, 11) is 3.42. The lowest BCUT2D eigenvalue weighted by atomic mass is 10.1. The average Bonchev–Trinajstić information content (AvgIpc) is 2.20. The lowest BCUT2D eigenvalue weighted by Crippen LogP contribution is -2.32. The summed E-state index contributed by atoms with van der Waals surface area (Å²) in [6, 6.07) is 0.137. The first kappa shape index (κ1) is 16.4. The van der Waals surface area contributed by atoms with Crippen molar-refractivity contribution in [1.82, 2.24) is 5.32 Å². The van der Waals surface area contributed by atoms with Gasteiger partial charge >= 0.3 is 5.97 Å². The Kier molecular flexibility index (Phi) is 8.12. The molecular formula is C12H25NO4. The maximum Gasteiger partial charge on any atom is 0.306 e. The van der Waals surface area contributed by atoms with Gasteiger partial charge < -0.3 is 19.5 Å². The lowest BCUT2D eigenvalue weighted by Gasteiger charge is -2.21. The van der Waals surface area contributed by atoms with E-state index in [4.69, 9.17) is 14.2 Å². The predicted octanol–water partition coefficient (Wildman–Crippen LogP) is 1.32. The number of hydrogen-bond acceptors (Lipinski definition) is 5. The van der Waals surface area contributed by atoms with Gasteiger partial charge in [0, 0.05) is 19.6 Å². The molecule has 0 fully saturated rings. The van der Waals surface area contributed by atoms with Crippen molar-refractivity contribution in [2.45, 2.75) is 45.3 Å². The van der Waals surface area contributed by atoms with Crippen LogP contribution in [-0.4, -0.2) is 45.2 Å². The molecule has 1 N–H and O–H groups in total. The molecule has 0 aromatic heterocycles. The zero-order chi connectivity index (χ0) is 13.3. The summed E-state index contributed by atoms with van der Waals surface area (Å²) in [4.78, 5) is 11.5. The van der Waals surface area contributed by atoms with E-state index in [0.717, 1.165) is 0 Å². The molecule has 5 nitrogen and oxygen atoms in total. The second kappa shape index (κ2) is 8.44. The van der Waals surface area contributed by atoms with Crippen LogP contribution in [0.4, 0.5) is 0 Å². The van der Waals surface area contributed by atoms with Crippen LogP contribution < -0.4 is 5.32 Å². The first-order valence-corrected chi connectivity index (χ1v) is 5.85. The van der Waals surface area contributed by atoms with Gasteiger partial charge in [-0.1, -0.05) is 0 Å². The largest absolute Gasteiger partial charge is 0.460 e. The second-order valence-electron chi connectivity index (χ2n) is 4.89. The number of hydrogen-bond donors (Lipinski definition) is 1. The van der Waals surface area contributed by atoms with Crippen LogP contribution in [0.2, 0.25) is 0 Å². The maximum atomic E-state index is 11.5. The molecule has 0 spiro atoms. The first-order chi connectivity index (χ1) is 7.89. The van der Waals surface area contributed by atoms with E-state index in [-0.39, 0.29) is 18.8 Å². The average molecular weight is 247 g/mol. The highest BCUT2D eigenvalue weighted by Crippen LogP contribution is 2.10. The standard InChI is InChI=1S/C12H25NO4/c1-12(2,3)17-11(14)7-6-10(13-4)8-16-9-15-5/h10,13H,6-9H2,1-5H3/t10-/m1/s1. The van der Waals surface area contributed by atoms with Crippen LogP contribution in [0.15, 0.2) is 0 Å². The minimum absolute atomic E-state index is 0.137. The molecule has 17 heavy (non-hydrogen) atoms. The normalized spacial score (nSPS) is 13.5. The Morgan fingerprint density at radius 2 is 2.00 bits per heavy atom. The second-order valence-corrected chi connectivity index (χ2v) is 4.89. The highest BCUT2D eigenvalue weighted by molar-refractivity contribution is 5.69. The van der Waals surface area contributed by atoms with Crippen molar-refractivity contribution in [3.63, 3.8) is 0 Å². The molecule has 0 rings (SSSR count). The van der Waals surface area contributed by atoms with Gasteiger partial charge in [-0.3, -0.25) is 4.79 Å². The molecule has 102 valence electrons. The van der Waals surface area contributed by atoms with E-state index in [1.807, 2.05) is 27.8 Å². The van der Waals surface area contributed by atoms with Crippen LogP contribution in [0.3, 0.4) is 0 Å². The lowest BCUT2D eigenvalue weighted by molar-refractivity contribution is -0.155. The van der Waals surface area contributed by atoms with Gasteiger partial charge in [0.1, 0.15) is 12.4 Å². The van der Waals surface area contributed by atoms with Crippen LogP contribution in [0.5, 0.6) is 0 Å². The minimum atomic E-state index is -0.418. The minimum Gasteiger partial charge on any atom is -0.460 e. The molecule has 0 aliphatic rings. The van der Waals surface area contributed by atoms with E-state index >= 15 is 0 Å². The molecule has 0 aliphatic heterocycles. The number of carbonyl (C=O) groups is 1. The molecule has 0 saturated heterocycles. The van der Waals surface area contributed by atoms with Gasteiger partial charge in [-0.2, -0.15) is 0 Å². The third kappa shape index (κ3) is 10.2. The van der Waals surface area contributed by atoms with E-state index in [0.29, 0.717) is 19.4 Å². The van der Waals surface area contributed by atoms with Crippen molar-refractivity contribution < 1.29 is 19.0 Å². The van der Waals surface area contributed by atoms with Gasteiger partial charge in [0.15, 0.2) is 0 Å². The predicted molar refractivity (Wildman–Crippen MR) is 65.8 cm³/mol. The number of ether oxygens (including phenoxy) is 3. The summed E-state index contributed by atoms with van der Waals surface area (Å²) in [5, 5.41) is 3.09. The van der Waals surface area contributed by atoms with Crippen molar-refractivity contribution in [1.29, 1.82) is 0 Å². The molecule has 0 unspecified atom stereocenters. The van der Waals surface area contributed by atoms with Gasteiger partial charge in [-0.25, -0.2) is 0 Å². The van der Waals surface area contributed by atoms with Gasteiger partial charge in [-0.15, -0.1) is 0 Å². The summed E-state index contributed by atoms with van der Waals surface area (Å²) >= 11 is 0. The first-order valence-electron chi connectivity index (χ1n) is 5.85. The van der Waals surface area contributed by atoms with Crippen molar-refractivity contribution in [2.24, 2.45) is 0 Å². The fourth-order valence-corrected chi connectivity index (χ4v) is 1.27. The molecule has 0 radical (unpaired) electrons. The molecular weight excluding hydrogens is 222 g/mol. The fraction of sp³-hybridized carbons (Fsp3) is 0.917. The van der Waals surface area contributed by atoms with Crippen LogP contribution in [0.1, 0.15) is 33.6 Å². The van der Waals surface area contributed by atoms with E-state index in [1.54, 1.807) is 7.11 Å². The summed E-state index contributed by atoms with van der Waals surface area (Å²) in [5.74, 6) is -0.176. The Labute approximate surface area is 104 Å². The topological polar surface area (TPSA) is 56.8 Å². The Balaban J connectivity index is 3.78. The molecule has 0 bridgehead atoms. The van der Waals surface area contributed by atoms with E-state index < -0.39 is 5.60 Å².